The van der Waals surface area contributed by atoms with Crippen molar-refractivity contribution in [2.24, 2.45) is 0 Å². The molecule has 0 aromatic carbocycles. The van der Waals surface area contributed by atoms with Crippen molar-refractivity contribution >= 4 is 5.97 Å². The topological polar surface area (TPSA) is 69.0 Å². The van der Waals surface area contributed by atoms with Crippen molar-refractivity contribution < 1.29 is 9.53 Å². The molecule has 6 heteroatoms. The van der Waals surface area contributed by atoms with Gasteiger partial charge in [-0.15, -0.1) is 5.10 Å². The van der Waals surface area contributed by atoms with Crippen LogP contribution in [0.5, 0.6) is 0 Å². The van der Waals surface area contributed by atoms with Crippen molar-refractivity contribution in [3.05, 3.63) is 12.2 Å². The Bertz CT molecular complexity index is 390. The van der Waals surface area contributed by atoms with E-state index in [1.807, 2.05) is 20.8 Å². The summed E-state index contributed by atoms with van der Waals surface area (Å²) in [5, 5.41) is 7.24. The van der Waals surface area contributed by atoms with Crippen LogP contribution in [0, 0.1) is 0 Å². The second kappa shape index (κ2) is 3.86. The van der Waals surface area contributed by atoms with Crippen molar-refractivity contribution in [3.8, 4) is 0 Å². The molecule has 0 radical (unpaired) electrons. The molecule has 6 nitrogen and oxygen atoms in total. The smallest absolute Gasteiger partial charge is 0.378 e. The molecule has 2 rings (SSSR count). The van der Waals surface area contributed by atoms with Gasteiger partial charge in [-0.2, -0.15) is 0 Å². The largest absolute Gasteiger partial charge is 0.454 e. The van der Waals surface area contributed by atoms with Crippen LogP contribution < -0.4 is 5.32 Å². The molecule has 1 N–H and O–H groups in total. The summed E-state index contributed by atoms with van der Waals surface area (Å²) in [4.78, 5) is 15.6. The fraction of sp³-hybridized carbons (Fsp3) is 0.700. The Morgan fingerprint density at radius 2 is 2.25 bits per heavy atom. The first kappa shape index (κ1) is 11.1. The standard InChI is InChI=1S/C10H16N4O2/c1-10(2,3)16-9(15)8-12-6-14(13-8)7-4-11-5-7/h6-7,11H,4-5H2,1-3H3. The Kier molecular flexibility index (Phi) is 2.67. The number of carbonyl (C=O) groups excluding carboxylic acids is 1. The van der Waals surface area contributed by atoms with E-state index in [1.54, 1.807) is 11.0 Å². The van der Waals surface area contributed by atoms with E-state index in [2.05, 4.69) is 15.4 Å². The molecular formula is C10H16N4O2. The van der Waals surface area contributed by atoms with Gasteiger partial charge in [0.15, 0.2) is 0 Å². The molecule has 0 amide bonds. The average molecular weight is 224 g/mol. The number of carbonyl (C=O) groups is 1. The third-order valence-corrected chi connectivity index (χ3v) is 2.22. The SMILES string of the molecule is CC(C)(C)OC(=O)c1ncn(C2CNC2)n1. The summed E-state index contributed by atoms with van der Waals surface area (Å²) in [6, 6.07) is 0.309. The lowest BCUT2D eigenvalue weighted by Crippen LogP contribution is -2.43. The molecule has 0 bridgehead atoms. The van der Waals surface area contributed by atoms with Crippen LogP contribution in [0.1, 0.15) is 37.4 Å². The molecule has 1 aliphatic heterocycles. The molecule has 1 aromatic rings. The average Bonchev–Trinajstić information content (AvgIpc) is 2.46. The van der Waals surface area contributed by atoms with Gasteiger partial charge in [0.25, 0.3) is 5.82 Å². The van der Waals surface area contributed by atoms with Crippen LogP contribution >= 0.6 is 0 Å². The maximum atomic E-state index is 11.6. The molecule has 0 atom stereocenters. The van der Waals surface area contributed by atoms with Gasteiger partial charge >= 0.3 is 5.97 Å². The van der Waals surface area contributed by atoms with E-state index in [-0.39, 0.29) is 5.82 Å². The Labute approximate surface area is 94.0 Å². The minimum Gasteiger partial charge on any atom is -0.454 e. The number of aromatic nitrogens is 3. The van der Waals surface area contributed by atoms with Crippen LogP contribution in [0.4, 0.5) is 0 Å². The van der Waals surface area contributed by atoms with Gasteiger partial charge in [0.2, 0.25) is 0 Å². The number of hydrogen-bond acceptors (Lipinski definition) is 5. The molecule has 1 aromatic heterocycles. The molecule has 1 aliphatic rings. The van der Waals surface area contributed by atoms with Crippen LogP contribution in [0.2, 0.25) is 0 Å². The fourth-order valence-electron chi connectivity index (χ4n) is 1.33. The van der Waals surface area contributed by atoms with E-state index >= 15 is 0 Å². The number of hydrogen-bond donors (Lipinski definition) is 1. The van der Waals surface area contributed by atoms with E-state index in [0.717, 1.165) is 13.1 Å². The van der Waals surface area contributed by atoms with Gasteiger partial charge in [0.1, 0.15) is 11.9 Å². The highest BCUT2D eigenvalue weighted by molar-refractivity contribution is 5.85. The monoisotopic (exact) mass is 224 g/mol. The normalized spacial score (nSPS) is 16.9. The molecule has 0 spiro atoms. The molecule has 0 aliphatic carbocycles. The first-order valence-corrected chi connectivity index (χ1v) is 5.31. The lowest BCUT2D eigenvalue weighted by Gasteiger charge is -2.26. The van der Waals surface area contributed by atoms with Gasteiger partial charge in [0.05, 0.1) is 6.04 Å². The van der Waals surface area contributed by atoms with Crippen LogP contribution in [0.3, 0.4) is 0 Å². The maximum Gasteiger partial charge on any atom is 0.378 e. The number of nitrogens with one attached hydrogen (secondary N) is 1. The lowest BCUT2D eigenvalue weighted by atomic mass is 10.2. The molecule has 0 saturated carbocycles. The summed E-state index contributed by atoms with van der Waals surface area (Å²) in [7, 11) is 0. The highest BCUT2D eigenvalue weighted by Gasteiger charge is 2.24. The Morgan fingerprint density at radius 1 is 1.56 bits per heavy atom. The van der Waals surface area contributed by atoms with E-state index < -0.39 is 11.6 Å². The van der Waals surface area contributed by atoms with Crippen molar-refractivity contribution in [1.82, 2.24) is 20.1 Å². The summed E-state index contributed by atoms with van der Waals surface area (Å²) in [5.74, 6) is -0.347. The van der Waals surface area contributed by atoms with Gasteiger partial charge < -0.3 is 10.1 Å². The number of nitrogens with zero attached hydrogens (tertiary/aromatic N) is 3. The van der Waals surface area contributed by atoms with Gasteiger partial charge in [-0.1, -0.05) is 0 Å². The fourth-order valence-corrected chi connectivity index (χ4v) is 1.33. The zero-order valence-electron chi connectivity index (χ0n) is 9.73. The van der Waals surface area contributed by atoms with Crippen LogP contribution in [0.25, 0.3) is 0 Å². The van der Waals surface area contributed by atoms with Gasteiger partial charge in [-0.05, 0) is 20.8 Å². The third-order valence-electron chi connectivity index (χ3n) is 2.22. The first-order valence-electron chi connectivity index (χ1n) is 5.31. The van der Waals surface area contributed by atoms with Crippen molar-refractivity contribution in [2.45, 2.75) is 32.4 Å². The minimum atomic E-state index is -0.513. The van der Waals surface area contributed by atoms with E-state index in [4.69, 9.17) is 4.74 Å². The van der Waals surface area contributed by atoms with Crippen molar-refractivity contribution in [2.75, 3.05) is 13.1 Å². The van der Waals surface area contributed by atoms with E-state index in [9.17, 15) is 4.79 Å². The highest BCUT2D eigenvalue weighted by atomic mass is 16.6. The van der Waals surface area contributed by atoms with E-state index in [1.165, 1.54) is 0 Å². The molecule has 16 heavy (non-hydrogen) atoms. The van der Waals surface area contributed by atoms with Gasteiger partial charge in [-0.3, -0.25) is 0 Å². The summed E-state index contributed by atoms with van der Waals surface area (Å²) in [5.41, 5.74) is -0.513. The molecule has 1 saturated heterocycles. The zero-order valence-corrected chi connectivity index (χ0v) is 9.73. The molecule has 88 valence electrons. The predicted molar refractivity (Wildman–Crippen MR) is 57.1 cm³/mol. The number of esters is 1. The predicted octanol–water partition coefficient (Wildman–Crippen LogP) is 0.378. The number of rotatable bonds is 2. The van der Waals surface area contributed by atoms with Crippen LogP contribution in [-0.2, 0) is 4.74 Å². The number of ether oxygens (including phenoxy) is 1. The first-order chi connectivity index (χ1) is 7.46. The van der Waals surface area contributed by atoms with E-state index in [0.29, 0.717) is 6.04 Å². The van der Waals surface area contributed by atoms with Crippen molar-refractivity contribution in [1.29, 1.82) is 0 Å². The highest BCUT2D eigenvalue weighted by Crippen LogP contribution is 2.12. The van der Waals surface area contributed by atoms with Crippen molar-refractivity contribution in [3.63, 3.8) is 0 Å². The van der Waals surface area contributed by atoms with Crippen LogP contribution in [-0.4, -0.2) is 39.4 Å². The van der Waals surface area contributed by atoms with Gasteiger partial charge in [0, 0.05) is 13.1 Å². The second-order valence-electron chi connectivity index (χ2n) is 4.86. The molecular weight excluding hydrogens is 208 g/mol. The minimum absolute atomic E-state index is 0.127. The van der Waals surface area contributed by atoms with Gasteiger partial charge in [-0.25, -0.2) is 14.5 Å². The maximum absolute atomic E-state index is 11.6. The quantitative estimate of drug-likeness (QED) is 0.735. The Hall–Kier alpha value is -1.43. The Morgan fingerprint density at radius 3 is 2.75 bits per heavy atom. The van der Waals surface area contributed by atoms with Crippen LogP contribution in [0.15, 0.2) is 6.33 Å². The zero-order chi connectivity index (χ0) is 11.8. The molecule has 2 heterocycles. The Balaban J connectivity index is 2.03. The molecule has 1 fully saturated rings. The summed E-state index contributed by atoms with van der Waals surface area (Å²) >= 11 is 0. The second-order valence-corrected chi connectivity index (χ2v) is 4.86. The lowest BCUT2D eigenvalue weighted by molar-refractivity contribution is 0.00550. The summed E-state index contributed by atoms with van der Waals surface area (Å²) in [6.45, 7) is 7.20. The summed E-state index contributed by atoms with van der Waals surface area (Å²) in [6.07, 6.45) is 1.57. The molecule has 0 unspecified atom stereocenters. The summed E-state index contributed by atoms with van der Waals surface area (Å²) < 4.78 is 6.88. The third kappa shape index (κ3) is 2.38.